The summed E-state index contributed by atoms with van der Waals surface area (Å²) in [7, 11) is -10.1. The van der Waals surface area contributed by atoms with E-state index in [1.165, 1.54) is 0 Å². The Kier molecular flexibility index (Phi) is 14.2. The number of hydrogen-bond donors (Lipinski definition) is 2. The monoisotopic (exact) mass is 550 g/mol. The Morgan fingerprint density at radius 1 is 0.667 bits per heavy atom. The summed E-state index contributed by atoms with van der Waals surface area (Å²) in [5.41, 5.74) is 0. The van der Waals surface area contributed by atoms with Crippen LogP contribution in [0.1, 0.15) is 104 Å². The number of esters is 2. The fraction of sp³-hybridized carbons (Fsp3) is 0.667. The van der Waals surface area contributed by atoms with E-state index < -0.39 is 53.5 Å². The quantitative estimate of drug-likeness (QED) is 0.103. The Hall–Kier alpha value is -2.02. The van der Waals surface area contributed by atoms with Crippen molar-refractivity contribution in [3.05, 3.63) is 12.1 Å². The first kappa shape index (κ1) is 32.0. The summed E-state index contributed by atoms with van der Waals surface area (Å²) in [5.74, 6) is -3.17. The lowest BCUT2D eigenvalue weighted by Crippen LogP contribution is -2.16. The molecule has 0 atom stereocenters. The molecule has 0 fully saturated rings. The predicted octanol–water partition coefficient (Wildman–Crippen LogP) is 5.49. The average Bonchev–Trinajstić information content (AvgIpc) is 2.78. The molecule has 0 aromatic heterocycles. The lowest BCUT2D eigenvalue weighted by Gasteiger charge is -2.15. The molecule has 1 aromatic carbocycles. The maximum Gasteiger partial charge on any atom is 0.311 e. The molecule has 0 amide bonds. The van der Waals surface area contributed by atoms with Crippen LogP contribution in [0.25, 0.3) is 0 Å². The largest absolute Gasteiger partial charge is 0.422 e. The Morgan fingerprint density at radius 3 is 1.56 bits per heavy atom. The van der Waals surface area contributed by atoms with Gasteiger partial charge in [-0.3, -0.25) is 18.7 Å². The number of ether oxygens (including phenoxy) is 2. The van der Waals surface area contributed by atoms with Gasteiger partial charge in [0.15, 0.2) is 11.5 Å². The van der Waals surface area contributed by atoms with Gasteiger partial charge in [0, 0.05) is 18.9 Å². The molecular formula is C24H38O10S2. The van der Waals surface area contributed by atoms with Gasteiger partial charge in [0.1, 0.15) is 4.90 Å². The summed E-state index contributed by atoms with van der Waals surface area (Å²) in [4.78, 5) is 22.7. The first-order chi connectivity index (χ1) is 16.9. The topological polar surface area (TPSA) is 161 Å². The second kappa shape index (κ2) is 16.0. The normalized spacial score (nSPS) is 11.9. The van der Waals surface area contributed by atoms with E-state index in [0.717, 1.165) is 64.2 Å². The number of benzene rings is 1. The van der Waals surface area contributed by atoms with Crippen molar-refractivity contribution in [2.45, 2.75) is 114 Å². The van der Waals surface area contributed by atoms with E-state index in [9.17, 15) is 35.5 Å². The molecule has 10 nitrogen and oxygen atoms in total. The van der Waals surface area contributed by atoms with Crippen LogP contribution in [-0.4, -0.2) is 37.9 Å². The smallest absolute Gasteiger partial charge is 0.311 e. The van der Waals surface area contributed by atoms with Gasteiger partial charge in [-0.15, -0.1) is 0 Å². The number of unbranched alkanes of at least 4 members (excludes halogenated alkanes) is 10. The van der Waals surface area contributed by atoms with Crippen LogP contribution in [0.15, 0.2) is 21.9 Å². The van der Waals surface area contributed by atoms with Gasteiger partial charge < -0.3 is 9.47 Å². The molecule has 0 heterocycles. The first-order valence-electron chi connectivity index (χ1n) is 12.4. The standard InChI is InChI=1S/C24H38O10S2/c1-3-5-7-9-11-13-15-22(25)33-20-17-19(35(27,28)29)18-21(36(30,31)32)24(20)34-23(26)16-14-12-10-8-6-4-2/h17-18H,3-16H2,1-2H3,(H,27,28,29)(H,30,31,32). The Bertz CT molecular complexity index is 1060. The number of carbonyl (C=O) groups is 2. The average molecular weight is 551 g/mol. The summed E-state index contributed by atoms with van der Waals surface area (Å²) in [6.07, 6.45) is 10.5. The van der Waals surface area contributed by atoms with Crippen molar-refractivity contribution in [1.29, 1.82) is 0 Å². The van der Waals surface area contributed by atoms with Gasteiger partial charge in [-0.1, -0.05) is 78.1 Å². The molecular weight excluding hydrogens is 512 g/mol. The van der Waals surface area contributed by atoms with E-state index in [2.05, 4.69) is 13.8 Å². The van der Waals surface area contributed by atoms with Crippen molar-refractivity contribution >= 4 is 32.2 Å². The highest BCUT2D eigenvalue weighted by atomic mass is 32.2. The van der Waals surface area contributed by atoms with E-state index in [1.54, 1.807) is 0 Å². The maximum atomic E-state index is 12.4. The molecule has 0 bridgehead atoms. The summed E-state index contributed by atoms with van der Waals surface area (Å²) < 4.78 is 76.6. The fourth-order valence-corrected chi connectivity index (χ4v) is 4.76. The fourth-order valence-electron chi connectivity index (χ4n) is 3.51. The van der Waals surface area contributed by atoms with Crippen molar-refractivity contribution in [3.8, 4) is 11.5 Å². The van der Waals surface area contributed by atoms with Crippen molar-refractivity contribution in [3.63, 3.8) is 0 Å². The molecule has 0 aliphatic carbocycles. The molecule has 0 aliphatic heterocycles. The van der Waals surface area contributed by atoms with Crippen molar-refractivity contribution in [2.24, 2.45) is 0 Å². The van der Waals surface area contributed by atoms with Gasteiger partial charge in [-0.2, -0.15) is 16.8 Å². The molecule has 0 spiro atoms. The number of carbonyl (C=O) groups excluding carboxylic acids is 2. The second-order valence-corrected chi connectivity index (χ2v) is 11.5. The van der Waals surface area contributed by atoms with Crippen LogP contribution in [-0.2, 0) is 29.8 Å². The third-order valence-electron chi connectivity index (χ3n) is 5.48. The van der Waals surface area contributed by atoms with E-state index in [4.69, 9.17) is 9.47 Å². The lowest BCUT2D eigenvalue weighted by molar-refractivity contribution is -0.137. The van der Waals surface area contributed by atoms with Crippen molar-refractivity contribution in [1.82, 2.24) is 0 Å². The van der Waals surface area contributed by atoms with E-state index in [0.29, 0.717) is 25.0 Å². The van der Waals surface area contributed by atoms with Crippen LogP contribution in [0.2, 0.25) is 0 Å². The molecule has 0 aliphatic rings. The number of hydrogen-bond acceptors (Lipinski definition) is 8. The zero-order chi connectivity index (χ0) is 27.2. The Balaban J connectivity index is 3.10. The minimum Gasteiger partial charge on any atom is -0.422 e. The molecule has 206 valence electrons. The van der Waals surface area contributed by atoms with Crippen LogP contribution in [0.3, 0.4) is 0 Å². The third kappa shape index (κ3) is 12.3. The van der Waals surface area contributed by atoms with Crippen LogP contribution in [0, 0.1) is 0 Å². The van der Waals surface area contributed by atoms with Crippen molar-refractivity contribution < 1.29 is 45.0 Å². The molecule has 0 saturated heterocycles. The predicted molar refractivity (Wildman–Crippen MR) is 133 cm³/mol. The molecule has 1 rings (SSSR count). The molecule has 36 heavy (non-hydrogen) atoms. The van der Waals surface area contributed by atoms with Gasteiger partial charge in [0.25, 0.3) is 20.2 Å². The lowest BCUT2D eigenvalue weighted by atomic mass is 10.1. The minimum absolute atomic E-state index is 0.0470. The van der Waals surface area contributed by atoms with Crippen LogP contribution in [0.4, 0.5) is 0 Å². The van der Waals surface area contributed by atoms with Gasteiger partial charge in [-0.05, 0) is 18.9 Å². The molecule has 1 aromatic rings. The molecule has 0 radical (unpaired) electrons. The molecule has 12 heteroatoms. The van der Waals surface area contributed by atoms with E-state index in [-0.39, 0.29) is 12.8 Å². The number of rotatable bonds is 18. The molecule has 2 N–H and O–H groups in total. The Labute approximate surface area is 214 Å². The summed E-state index contributed by atoms with van der Waals surface area (Å²) in [5, 5.41) is 0. The van der Waals surface area contributed by atoms with Crippen LogP contribution < -0.4 is 9.47 Å². The van der Waals surface area contributed by atoms with Gasteiger partial charge in [-0.25, -0.2) is 0 Å². The highest BCUT2D eigenvalue weighted by Crippen LogP contribution is 2.38. The zero-order valence-electron chi connectivity index (χ0n) is 21.0. The summed E-state index contributed by atoms with van der Waals surface area (Å²) in [6.45, 7) is 4.16. The van der Waals surface area contributed by atoms with E-state index >= 15 is 0 Å². The molecule has 0 saturated carbocycles. The van der Waals surface area contributed by atoms with Gasteiger partial charge in [0.2, 0.25) is 0 Å². The first-order valence-corrected chi connectivity index (χ1v) is 15.3. The SMILES string of the molecule is CCCCCCCCC(=O)Oc1cc(S(=O)(=O)O)cc(S(=O)(=O)O)c1OC(=O)CCCCCCCC. The minimum atomic E-state index is -5.13. The highest BCUT2D eigenvalue weighted by Gasteiger charge is 2.29. The second-order valence-electron chi connectivity index (χ2n) is 8.68. The van der Waals surface area contributed by atoms with Crippen molar-refractivity contribution in [2.75, 3.05) is 0 Å². The third-order valence-corrected chi connectivity index (χ3v) is 7.17. The summed E-state index contributed by atoms with van der Waals surface area (Å²) in [6, 6.07) is 1.11. The maximum absolute atomic E-state index is 12.4. The van der Waals surface area contributed by atoms with E-state index in [1.807, 2.05) is 0 Å². The zero-order valence-corrected chi connectivity index (χ0v) is 22.7. The Morgan fingerprint density at radius 2 is 1.11 bits per heavy atom. The van der Waals surface area contributed by atoms with Gasteiger partial charge in [0.05, 0.1) is 4.90 Å². The van der Waals surface area contributed by atoms with Crippen LogP contribution in [0.5, 0.6) is 11.5 Å². The van der Waals surface area contributed by atoms with Crippen LogP contribution >= 0.6 is 0 Å². The van der Waals surface area contributed by atoms with Gasteiger partial charge >= 0.3 is 11.9 Å². The summed E-state index contributed by atoms with van der Waals surface area (Å²) >= 11 is 0. The highest BCUT2D eigenvalue weighted by molar-refractivity contribution is 7.86. The molecule has 0 unspecified atom stereocenters.